The third-order valence-corrected chi connectivity index (χ3v) is 17.6. The summed E-state index contributed by atoms with van der Waals surface area (Å²) in [6, 6.07) is 39.0. The van der Waals surface area contributed by atoms with Crippen molar-refractivity contribution in [3.8, 4) is 5.75 Å². The zero-order valence-electron chi connectivity index (χ0n) is 33.2. The molecule has 0 unspecified atom stereocenters. The highest BCUT2D eigenvalue weighted by molar-refractivity contribution is 9.10. The minimum atomic E-state index is -2.53. The Morgan fingerprint density at radius 3 is 2.29 bits per heavy atom. The highest BCUT2D eigenvalue weighted by Gasteiger charge is 2.66. The van der Waals surface area contributed by atoms with E-state index in [1.54, 1.807) is 16.9 Å². The van der Waals surface area contributed by atoms with Gasteiger partial charge in [-0.25, -0.2) is 0 Å². The number of nitrogens with zero attached hydrogens (tertiary/aromatic N) is 3. The van der Waals surface area contributed by atoms with Gasteiger partial charge in [-0.2, -0.15) is 0 Å². The summed E-state index contributed by atoms with van der Waals surface area (Å²) >= 11 is 3.70. The third-order valence-electron chi connectivity index (χ3n) is 12.8. The van der Waals surface area contributed by atoms with E-state index in [4.69, 9.17) is 9.47 Å². The van der Waals surface area contributed by atoms with Crippen molar-refractivity contribution in [2.24, 2.45) is 5.92 Å². The molecule has 3 heterocycles. The number of rotatable bonds is 11. The van der Waals surface area contributed by atoms with Gasteiger partial charge in [-0.3, -0.25) is 19.3 Å². The van der Waals surface area contributed by atoms with E-state index in [1.807, 2.05) is 108 Å². The number of amides is 3. The molecule has 0 aromatic heterocycles. The summed E-state index contributed by atoms with van der Waals surface area (Å²) in [5, 5.41) is 11.7. The Morgan fingerprint density at radius 1 is 0.948 bits per heavy atom. The molecular weight excluding hydrogens is 811 g/mol. The summed E-state index contributed by atoms with van der Waals surface area (Å²) in [5.41, 5.74) is 4.65. The summed E-state index contributed by atoms with van der Waals surface area (Å²) in [5.74, 6) is 0.213. The number of aliphatic hydroxyl groups excluding tert-OH is 1. The van der Waals surface area contributed by atoms with Crippen molar-refractivity contribution in [1.82, 2.24) is 4.90 Å². The maximum absolute atomic E-state index is 15.4. The second-order valence-electron chi connectivity index (χ2n) is 16.2. The van der Waals surface area contributed by atoms with Gasteiger partial charge >= 0.3 is 0 Å². The van der Waals surface area contributed by atoms with Crippen molar-refractivity contribution in [3.63, 3.8) is 0 Å². The van der Waals surface area contributed by atoms with Crippen molar-refractivity contribution in [3.05, 3.63) is 148 Å². The fourth-order valence-corrected chi connectivity index (χ4v) is 14.2. The third kappa shape index (κ3) is 6.87. The monoisotopic (exact) mass is 857 g/mol. The van der Waals surface area contributed by atoms with Gasteiger partial charge in [0.25, 0.3) is 5.91 Å². The highest BCUT2D eigenvalue weighted by atomic mass is 79.9. The molecule has 5 aromatic carbocycles. The van der Waals surface area contributed by atoms with Crippen LogP contribution in [0.1, 0.15) is 35.6 Å². The van der Waals surface area contributed by atoms with Gasteiger partial charge in [0.05, 0.1) is 52.6 Å². The fraction of sp³-hybridized carbons (Fsp3) is 0.298. The quantitative estimate of drug-likeness (QED) is 0.107. The Balaban J connectivity index is 1.16. The molecule has 58 heavy (non-hydrogen) atoms. The van der Waals surface area contributed by atoms with Crippen molar-refractivity contribution >= 4 is 64.5 Å². The molecule has 3 aliphatic heterocycles. The van der Waals surface area contributed by atoms with Gasteiger partial charge in [-0.05, 0) is 83.2 Å². The first-order valence-corrected chi connectivity index (χ1v) is 23.7. The second kappa shape index (κ2) is 15.9. The molecule has 5 aromatic rings. The molecule has 0 bridgehead atoms. The molecule has 298 valence electrons. The molecule has 0 radical (unpaired) electrons. The van der Waals surface area contributed by atoms with E-state index in [-0.39, 0.29) is 48.9 Å². The minimum absolute atomic E-state index is 0.0781. The molecule has 1 saturated heterocycles. The number of aliphatic hydroxyl groups is 1. The van der Waals surface area contributed by atoms with Gasteiger partial charge in [-0.1, -0.05) is 108 Å². The summed E-state index contributed by atoms with van der Waals surface area (Å²) in [7, 11) is -0.874. The van der Waals surface area contributed by atoms with Gasteiger partial charge in [0.2, 0.25) is 12.3 Å². The van der Waals surface area contributed by atoms with Crippen LogP contribution in [0.4, 0.5) is 17.1 Å². The lowest BCUT2D eigenvalue weighted by Crippen LogP contribution is -2.52. The van der Waals surface area contributed by atoms with Crippen LogP contribution in [0.25, 0.3) is 0 Å². The van der Waals surface area contributed by atoms with Crippen molar-refractivity contribution in [2.45, 2.75) is 69.2 Å². The lowest BCUT2D eigenvalue weighted by atomic mass is 9.82. The average Bonchev–Trinajstić information content (AvgIpc) is 3.66. The largest absolute Gasteiger partial charge is 0.497 e. The number of ether oxygens (including phenoxy) is 2. The summed E-state index contributed by atoms with van der Waals surface area (Å²) in [6.45, 7) is 7.30. The van der Waals surface area contributed by atoms with Gasteiger partial charge in [0.1, 0.15) is 5.75 Å². The van der Waals surface area contributed by atoms with Crippen molar-refractivity contribution < 1.29 is 29.0 Å². The summed E-state index contributed by atoms with van der Waals surface area (Å²) in [6.07, 6.45) is 0.877. The minimum Gasteiger partial charge on any atom is -0.497 e. The van der Waals surface area contributed by atoms with Gasteiger partial charge < -0.3 is 24.4 Å². The van der Waals surface area contributed by atoms with E-state index in [1.165, 1.54) is 5.19 Å². The SMILES string of the molecule is COc1ccc([Si](C)(C)[C@@H]2[C@@H](CC(=O)N3Cc4ccccc4C[C@H]3CO)O[C@]3(C(=O)N(Cc4ccc(N(C=O)c5ccccc5)cc4)c4ccc(Br)cc43)[C@H]2C)cc1. The standard InChI is InChI=1S/C47H48BrN3O6Si/c1-31-45(58(3,4)40-21-19-39(56-2)20-22-40)43(26-44(54)49-28-34-11-9-8-10-33(34)24-38(49)29-52)57-47(31)41-25-35(48)16-23-42(41)50(46(47)55)27-32-14-17-37(18-15-32)51(30-53)36-12-6-5-7-13-36/h5-23,25,30-31,38,43,45,52H,24,26-29H2,1-4H3/t31-,38-,43+,45-,47+/m0/s1. The topological polar surface area (TPSA) is 99.6 Å². The van der Waals surface area contributed by atoms with Crippen LogP contribution in [0.2, 0.25) is 18.6 Å². The Hall–Kier alpha value is -5.07. The maximum atomic E-state index is 15.4. The second-order valence-corrected chi connectivity index (χ2v) is 21.8. The smallest absolute Gasteiger partial charge is 0.264 e. The number of hydrogen-bond acceptors (Lipinski definition) is 6. The van der Waals surface area contributed by atoms with E-state index in [9.17, 15) is 14.7 Å². The van der Waals surface area contributed by atoms with Gasteiger partial charge in [0.15, 0.2) is 5.60 Å². The van der Waals surface area contributed by atoms with Crippen LogP contribution in [0, 0.1) is 5.92 Å². The summed E-state index contributed by atoms with van der Waals surface area (Å²) in [4.78, 5) is 47.4. The molecule has 1 fully saturated rings. The molecule has 1 N–H and O–H groups in total. The van der Waals surface area contributed by atoms with Crippen LogP contribution < -0.4 is 19.7 Å². The van der Waals surface area contributed by atoms with E-state index < -0.39 is 19.8 Å². The predicted octanol–water partition coefficient (Wildman–Crippen LogP) is 7.85. The maximum Gasteiger partial charge on any atom is 0.264 e. The molecule has 8 rings (SSSR count). The fourth-order valence-electron chi connectivity index (χ4n) is 9.78. The number of carbonyl (C=O) groups is 3. The van der Waals surface area contributed by atoms with Gasteiger partial charge in [0, 0.05) is 33.9 Å². The molecule has 1 spiro atoms. The number of anilines is 3. The first kappa shape index (κ1) is 39.7. The Bertz CT molecular complexity index is 2320. The van der Waals surface area contributed by atoms with E-state index >= 15 is 4.79 Å². The molecule has 3 aliphatic rings. The van der Waals surface area contributed by atoms with Gasteiger partial charge in [-0.15, -0.1) is 0 Å². The number of fused-ring (bicyclic) bond motifs is 3. The van der Waals surface area contributed by atoms with Crippen LogP contribution >= 0.6 is 15.9 Å². The number of halogens is 1. The Morgan fingerprint density at radius 2 is 1.62 bits per heavy atom. The Labute approximate surface area is 349 Å². The molecule has 3 amide bonds. The van der Waals surface area contributed by atoms with Crippen LogP contribution in [-0.4, -0.2) is 62.2 Å². The molecule has 11 heteroatoms. The highest BCUT2D eigenvalue weighted by Crippen LogP contribution is 2.60. The number of para-hydroxylation sites is 1. The zero-order chi connectivity index (χ0) is 40.8. The van der Waals surface area contributed by atoms with E-state index in [2.05, 4.69) is 54.1 Å². The molecule has 5 atom stereocenters. The van der Waals surface area contributed by atoms with Crippen LogP contribution in [0.3, 0.4) is 0 Å². The van der Waals surface area contributed by atoms with Crippen molar-refractivity contribution in [2.75, 3.05) is 23.5 Å². The van der Waals surface area contributed by atoms with Crippen LogP contribution in [0.5, 0.6) is 5.75 Å². The Kier molecular flexibility index (Phi) is 10.9. The molecule has 9 nitrogen and oxygen atoms in total. The molecule has 0 saturated carbocycles. The molecule has 0 aliphatic carbocycles. The first-order valence-electron chi connectivity index (χ1n) is 19.8. The number of methoxy groups -OCH3 is 1. The molecular formula is C47H48BrN3O6Si. The lowest BCUT2D eigenvalue weighted by molar-refractivity contribution is -0.151. The normalized spacial score (nSPS) is 22.5. The summed E-state index contributed by atoms with van der Waals surface area (Å²) < 4.78 is 13.6. The number of carbonyl (C=O) groups excluding carboxylic acids is 3. The average molecular weight is 859 g/mol. The first-order chi connectivity index (χ1) is 28.0. The zero-order valence-corrected chi connectivity index (χ0v) is 35.8. The lowest BCUT2D eigenvalue weighted by Gasteiger charge is -2.39. The van der Waals surface area contributed by atoms with Crippen molar-refractivity contribution in [1.29, 1.82) is 0 Å². The number of benzene rings is 5. The van der Waals surface area contributed by atoms with Crippen LogP contribution in [0.15, 0.2) is 126 Å². The predicted molar refractivity (Wildman–Crippen MR) is 232 cm³/mol. The van der Waals surface area contributed by atoms with E-state index in [0.29, 0.717) is 18.7 Å². The van der Waals surface area contributed by atoms with Crippen LogP contribution in [-0.2, 0) is 44.2 Å². The van der Waals surface area contributed by atoms with E-state index in [0.717, 1.165) is 50.3 Å². The number of hydrogen-bond donors (Lipinski definition) is 1.